The van der Waals surface area contributed by atoms with Gasteiger partial charge in [-0.2, -0.15) is 0 Å². The molecule has 156 valence electrons. The second-order valence-corrected chi connectivity index (χ2v) is 8.11. The van der Waals surface area contributed by atoms with Crippen molar-refractivity contribution in [3.05, 3.63) is 71.8 Å². The Bertz CT molecular complexity index is 741. The highest BCUT2D eigenvalue weighted by molar-refractivity contribution is 5.29. The molecule has 0 bridgehead atoms. The topological polar surface area (TPSA) is 45.2 Å². The van der Waals surface area contributed by atoms with Crippen molar-refractivity contribution in [2.45, 2.75) is 24.6 Å². The highest BCUT2D eigenvalue weighted by Gasteiger charge is 2.46. The summed E-state index contributed by atoms with van der Waals surface area (Å²) in [5.41, 5.74) is 1.17. The molecule has 2 aromatic carbocycles. The van der Waals surface area contributed by atoms with Crippen molar-refractivity contribution in [3.8, 4) is 0 Å². The maximum atomic E-state index is 12.0. The molecule has 29 heavy (non-hydrogen) atoms. The van der Waals surface area contributed by atoms with Crippen LogP contribution in [0.5, 0.6) is 0 Å². The molecule has 2 heterocycles. The standard InChI is InChI=1S/C24H32N2O3/c1-24(27,21-10-6-3-7-11-21)23(26-14-18-29-19-15-26)22(20-8-4-2-5-9-20)25-12-16-28-17-13-25/h2-11,22-23,27H,12-19H2,1H3/t22-,23+,24+/m1/s1. The van der Waals surface area contributed by atoms with Crippen molar-refractivity contribution in [2.75, 3.05) is 52.6 Å². The second-order valence-electron chi connectivity index (χ2n) is 8.11. The lowest BCUT2D eigenvalue weighted by Crippen LogP contribution is -2.60. The highest BCUT2D eigenvalue weighted by atomic mass is 16.5. The first-order valence-electron chi connectivity index (χ1n) is 10.6. The maximum absolute atomic E-state index is 12.0. The number of benzene rings is 2. The zero-order valence-corrected chi connectivity index (χ0v) is 17.2. The minimum Gasteiger partial charge on any atom is -0.384 e. The Morgan fingerprint density at radius 2 is 1.24 bits per heavy atom. The van der Waals surface area contributed by atoms with Gasteiger partial charge in [0.05, 0.1) is 38.5 Å². The third-order valence-corrected chi connectivity index (χ3v) is 6.25. The van der Waals surface area contributed by atoms with Crippen LogP contribution in [0.2, 0.25) is 0 Å². The second kappa shape index (κ2) is 9.37. The summed E-state index contributed by atoms with van der Waals surface area (Å²) in [6.07, 6.45) is 0. The Morgan fingerprint density at radius 1 is 0.759 bits per heavy atom. The molecule has 0 unspecified atom stereocenters. The normalized spacial score (nSPS) is 23.2. The zero-order valence-electron chi connectivity index (χ0n) is 17.2. The Morgan fingerprint density at radius 3 is 1.79 bits per heavy atom. The van der Waals surface area contributed by atoms with Crippen LogP contribution >= 0.6 is 0 Å². The molecule has 2 fully saturated rings. The van der Waals surface area contributed by atoms with Gasteiger partial charge in [-0.25, -0.2) is 0 Å². The third kappa shape index (κ3) is 4.55. The quantitative estimate of drug-likeness (QED) is 0.813. The molecule has 0 saturated carbocycles. The number of aliphatic hydroxyl groups is 1. The molecule has 1 N–H and O–H groups in total. The molecule has 2 saturated heterocycles. The monoisotopic (exact) mass is 396 g/mol. The lowest BCUT2D eigenvalue weighted by Gasteiger charge is -2.50. The molecule has 3 atom stereocenters. The Kier molecular flexibility index (Phi) is 6.63. The predicted molar refractivity (Wildman–Crippen MR) is 114 cm³/mol. The van der Waals surface area contributed by atoms with Gasteiger partial charge < -0.3 is 14.6 Å². The molecule has 4 rings (SSSR count). The smallest absolute Gasteiger partial charge is 0.104 e. The van der Waals surface area contributed by atoms with E-state index in [-0.39, 0.29) is 12.1 Å². The van der Waals surface area contributed by atoms with E-state index >= 15 is 0 Å². The van der Waals surface area contributed by atoms with Gasteiger partial charge in [0.2, 0.25) is 0 Å². The van der Waals surface area contributed by atoms with Gasteiger partial charge in [-0.15, -0.1) is 0 Å². The molecule has 0 spiro atoms. The Balaban J connectivity index is 1.79. The van der Waals surface area contributed by atoms with E-state index in [4.69, 9.17) is 9.47 Å². The fourth-order valence-corrected chi connectivity index (χ4v) is 4.76. The van der Waals surface area contributed by atoms with E-state index < -0.39 is 5.60 Å². The molecular weight excluding hydrogens is 364 g/mol. The average molecular weight is 397 g/mol. The van der Waals surface area contributed by atoms with E-state index in [9.17, 15) is 5.11 Å². The maximum Gasteiger partial charge on any atom is 0.104 e. The van der Waals surface area contributed by atoms with Crippen LogP contribution in [0.4, 0.5) is 0 Å². The van der Waals surface area contributed by atoms with E-state index in [1.54, 1.807) is 0 Å². The van der Waals surface area contributed by atoms with Gasteiger partial charge in [0.25, 0.3) is 0 Å². The summed E-state index contributed by atoms with van der Waals surface area (Å²) in [5, 5.41) is 12.0. The van der Waals surface area contributed by atoms with Crippen molar-refractivity contribution in [3.63, 3.8) is 0 Å². The summed E-state index contributed by atoms with van der Waals surface area (Å²) in [6, 6.07) is 20.7. The van der Waals surface area contributed by atoms with E-state index in [1.165, 1.54) is 5.56 Å². The van der Waals surface area contributed by atoms with E-state index in [2.05, 4.69) is 40.1 Å². The highest BCUT2D eigenvalue weighted by Crippen LogP contribution is 2.39. The number of hydrogen-bond acceptors (Lipinski definition) is 5. The van der Waals surface area contributed by atoms with Crippen LogP contribution in [0.1, 0.15) is 24.1 Å². The molecule has 2 aromatic rings. The largest absolute Gasteiger partial charge is 0.384 e. The molecule has 0 amide bonds. The van der Waals surface area contributed by atoms with Crippen LogP contribution in [0.3, 0.4) is 0 Å². The van der Waals surface area contributed by atoms with Crippen molar-refractivity contribution >= 4 is 0 Å². The molecule has 0 aromatic heterocycles. The lowest BCUT2D eigenvalue weighted by molar-refractivity contribution is -0.113. The summed E-state index contributed by atoms with van der Waals surface area (Å²) in [5.74, 6) is 0. The lowest BCUT2D eigenvalue weighted by atomic mass is 9.79. The van der Waals surface area contributed by atoms with Crippen LogP contribution in [-0.4, -0.2) is 73.6 Å². The van der Waals surface area contributed by atoms with Crippen LogP contribution in [0.25, 0.3) is 0 Å². The predicted octanol–water partition coefficient (Wildman–Crippen LogP) is 2.67. The SMILES string of the molecule is C[C@](O)(c1ccccc1)[C@H]([C@@H](c1ccccc1)N1CCOCC1)N1CCOCC1. The fourth-order valence-electron chi connectivity index (χ4n) is 4.76. The first kappa shape index (κ1) is 20.5. The van der Waals surface area contributed by atoms with Crippen molar-refractivity contribution in [1.82, 2.24) is 9.80 Å². The molecular formula is C24H32N2O3. The molecule has 2 aliphatic rings. The fraction of sp³-hybridized carbons (Fsp3) is 0.500. The Hall–Kier alpha value is -1.76. The van der Waals surface area contributed by atoms with Gasteiger partial charge in [-0.1, -0.05) is 60.7 Å². The summed E-state index contributed by atoms with van der Waals surface area (Å²) >= 11 is 0. The summed E-state index contributed by atoms with van der Waals surface area (Å²) in [7, 11) is 0. The summed E-state index contributed by atoms with van der Waals surface area (Å²) in [4.78, 5) is 4.90. The van der Waals surface area contributed by atoms with Crippen LogP contribution in [0, 0.1) is 0 Å². The summed E-state index contributed by atoms with van der Waals surface area (Å²) < 4.78 is 11.3. The molecule has 0 aliphatic carbocycles. The minimum atomic E-state index is -1.02. The molecule has 5 heteroatoms. The van der Waals surface area contributed by atoms with E-state index in [1.807, 2.05) is 37.3 Å². The van der Waals surface area contributed by atoms with E-state index in [0.717, 1.165) is 45.0 Å². The van der Waals surface area contributed by atoms with Crippen LogP contribution in [-0.2, 0) is 15.1 Å². The van der Waals surface area contributed by atoms with Crippen molar-refractivity contribution < 1.29 is 14.6 Å². The summed E-state index contributed by atoms with van der Waals surface area (Å²) in [6.45, 7) is 8.20. The Labute approximate surface area is 173 Å². The number of rotatable bonds is 6. The van der Waals surface area contributed by atoms with Crippen LogP contribution < -0.4 is 0 Å². The van der Waals surface area contributed by atoms with Crippen LogP contribution in [0.15, 0.2) is 60.7 Å². The van der Waals surface area contributed by atoms with Crippen molar-refractivity contribution in [2.24, 2.45) is 0 Å². The molecule has 5 nitrogen and oxygen atoms in total. The van der Waals surface area contributed by atoms with Gasteiger partial charge in [0, 0.05) is 26.2 Å². The zero-order chi connectivity index (χ0) is 20.1. The third-order valence-electron chi connectivity index (χ3n) is 6.25. The number of morpholine rings is 2. The number of ether oxygens (including phenoxy) is 2. The number of hydrogen-bond donors (Lipinski definition) is 1. The van der Waals surface area contributed by atoms with Gasteiger partial charge in [-0.05, 0) is 18.1 Å². The minimum absolute atomic E-state index is 0.0633. The first-order valence-corrected chi connectivity index (χ1v) is 10.6. The van der Waals surface area contributed by atoms with E-state index in [0.29, 0.717) is 13.2 Å². The average Bonchev–Trinajstić information content (AvgIpc) is 2.79. The van der Waals surface area contributed by atoms with Gasteiger partial charge in [0.1, 0.15) is 5.60 Å². The van der Waals surface area contributed by atoms with Gasteiger partial charge in [0.15, 0.2) is 0 Å². The number of nitrogens with zero attached hydrogens (tertiary/aromatic N) is 2. The molecule has 0 radical (unpaired) electrons. The first-order chi connectivity index (χ1) is 14.2. The van der Waals surface area contributed by atoms with Crippen molar-refractivity contribution in [1.29, 1.82) is 0 Å². The van der Waals surface area contributed by atoms with Gasteiger partial charge >= 0.3 is 0 Å². The molecule has 2 aliphatic heterocycles. The van der Waals surface area contributed by atoms with Gasteiger partial charge in [-0.3, -0.25) is 9.80 Å².